The van der Waals surface area contributed by atoms with E-state index in [1.54, 1.807) is 0 Å². The number of ether oxygens (including phenoxy) is 1. The molecule has 1 aliphatic carbocycles. The Balaban J connectivity index is 1.79. The molecule has 0 heterocycles. The molecule has 0 aromatic heterocycles. The van der Waals surface area contributed by atoms with Gasteiger partial charge in [0.25, 0.3) is 0 Å². The van der Waals surface area contributed by atoms with E-state index in [0.29, 0.717) is 24.7 Å². The molecule has 1 aliphatic rings. The van der Waals surface area contributed by atoms with Crippen molar-refractivity contribution < 1.29 is 9.53 Å². The molecule has 2 N–H and O–H groups in total. The summed E-state index contributed by atoms with van der Waals surface area (Å²) in [5.41, 5.74) is 7.65. The number of nitrogen functional groups attached to an aromatic ring is 1. The number of aryl methyl sites for hydroxylation is 1. The minimum atomic E-state index is -0.0976. The maximum atomic E-state index is 11.9. The lowest BCUT2D eigenvalue weighted by atomic mass is 9.82. The Morgan fingerprint density at radius 2 is 1.85 bits per heavy atom. The Morgan fingerprint density at radius 1 is 1.20 bits per heavy atom. The van der Waals surface area contributed by atoms with Crippen molar-refractivity contribution in [3.05, 3.63) is 29.8 Å². The van der Waals surface area contributed by atoms with Crippen molar-refractivity contribution in [1.29, 1.82) is 0 Å². The number of carbonyl (C=O) groups excluding carboxylic acids is 1. The van der Waals surface area contributed by atoms with Crippen molar-refractivity contribution in [1.82, 2.24) is 0 Å². The quantitative estimate of drug-likeness (QED) is 0.675. The van der Waals surface area contributed by atoms with Crippen LogP contribution in [0.25, 0.3) is 0 Å². The second-order valence-electron chi connectivity index (χ2n) is 6.23. The normalized spacial score (nSPS) is 26.2. The lowest BCUT2D eigenvalue weighted by Gasteiger charge is -2.31. The molecule has 2 atom stereocenters. The van der Waals surface area contributed by atoms with E-state index >= 15 is 0 Å². The number of anilines is 1. The van der Waals surface area contributed by atoms with E-state index in [4.69, 9.17) is 10.5 Å². The van der Waals surface area contributed by atoms with E-state index in [0.717, 1.165) is 24.1 Å². The standard InChI is InChI=1S/C17H25NO2/c1-12-9-13(2)11-15(10-12)20-17(19)8-7-14-5-3-4-6-16(14)18/h3-6,12-13,15H,7-11,18H2,1-2H3. The number of rotatable bonds is 4. The van der Waals surface area contributed by atoms with Gasteiger partial charge in [-0.1, -0.05) is 32.0 Å². The van der Waals surface area contributed by atoms with Gasteiger partial charge in [-0.05, 0) is 49.1 Å². The topological polar surface area (TPSA) is 52.3 Å². The van der Waals surface area contributed by atoms with Crippen LogP contribution in [0, 0.1) is 11.8 Å². The lowest BCUT2D eigenvalue weighted by molar-refractivity contribution is -0.151. The largest absolute Gasteiger partial charge is 0.462 e. The highest BCUT2D eigenvalue weighted by molar-refractivity contribution is 5.70. The van der Waals surface area contributed by atoms with E-state index in [-0.39, 0.29) is 12.1 Å². The van der Waals surface area contributed by atoms with Crippen LogP contribution >= 0.6 is 0 Å². The molecular weight excluding hydrogens is 250 g/mol. The third-order valence-electron chi connectivity index (χ3n) is 4.09. The molecule has 3 heteroatoms. The Labute approximate surface area is 121 Å². The van der Waals surface area contributed by atoms with Crippen molar-refractivity contribution in [2.45, 2.75) is 52.1 Å². The Morgan fingerprint density at radius 3 is 2.50 bits per heavy atom. The average Bonchev–Trinajstić information content (AvgIpc) is 2.36. The van der Waals surface area contributed by atoms with E-state index in [1.807, 2.05) is 24.3 Å². The monoisotopic (exact) mass is 275 g/mol. The first-order chi connectivity index (χ1) is 9.54. The van der Waals surface area contributed by atoms with Gasteiger partial charge in [-0.3, -0.25) is 4.79 Å². The zero-order chi connectivity index (χ0) is 14.5. The van der Waals surface area contributed by atoms with Gasteiger partial charge in [-0.15, -0.1) is 0 Å². The highest BCUT2D eigenvalue weighted by atomic mass is 16.5. The first-order valence-corrected chi connectivity index (χ1v) is 7.57. The number of hydrogen-bond acceptors (Lipinski definition) is 3. The number of benzene rings is 1. The summed E-state index contributed by atoms with van der Waals surface area (Å²) in [5.74, 6) is 1.21. The number of esters is 1. The van der Waals surface area contributed by atoms with Gasteiger partial charge >= 0.3 is 5.97 Å². The van der Waals surface area contributed by atoms with Gasteiger partial charge in [0, 0.05) is 12.1 Å². The summed E-state index contributed by atoms with van der Waals surface area (Å²) in [4.78, 5) is 11.9. The van der Waals surface area contributed by atoms with Crippen LogP contribution in [0.15, 0.2) is 24.3 Å². The van der Waals surface area contributed by atoms with E-state index in [1.165, 1.54) is 6.42 Å². The van der Waals surface area contributed by atoms with E-state index in [9.17, 15) is 4.79 Å². The van der Waals surface area contributed by atoms with Gasteiger partial charge < -0.3 is 10.5 Å². The fourth-order valence-corrected chi connectivity index (χ4v) is 3.21. The molecule has 0 aliphatic heterocycles. The summed E-state index contributed by atoms with van der Waals surface area (Å²) in [5, 5.41) is 0. The number of carbonyl (C=O) groups is 1. The van der Waals surface area contributed by atoms with Crippen molar-refractivity contribution in [2.24, 2.45) is 11.8 Å². The van der Waals surface area contributed by atoms with Gasteiger partial charge in [0.05, 0.1) is 0 Å². The van der Waals surface area contributed by atoms with Crippen LogP contribution in [0.4, 0.5) is 5.69 Å². The van der Waals surface area contributed by atoms with Crippen LogP contribution < -0.4 is 5.73 Å². The SMILES string of the molecule is CC1CC(C)CC(OC(=O)CCc2ccccc2N)C1. The first kappa shape index (κ1) is 14.9. The van der Waals surface area contributed by atoms with Gasteiger partial charge in [0.2, 0.25) is 0 Å². The third-order valence-corrected chi connectivity index (χ3v) is 4.09. The summed E-state index contributed by atoms with van der Waals surface area (Å²) in [6.07, 6.45) is 4.42. The molecule has 0 amide bonds. The van der Waals surface area contributed by atoms with Crippen molar-refractivity contribution >= 4 is 11.7 Å². The minimum absolute atomic E-state index is 0.0976. The maximum absolute atomic E-state index is 11.9. The predicted molar refractivity (Wildman–Crippen MR) is 81.2 cm³/mol. The Bertz CT molecular complexity index is 448. The summed E-state index contributed by atoms with van der Waals surface area (Å²) in [6.45, 7) is 4.47. The molecule has 20 heavy (non-hydrogen) atoms. The van der Waals surface area contributed by atoms with E-state index < -0.39 is 0 Å². The molecule has 0 spiro atoms. The predicted octanol–water partition coefficient (Wildman–Crippen LogP) is 3.57. The molecule has 110 valence electrons. The van der Waals surface area contributed by atoms with Crippen molar-refractivity contribution in [3.8, 4) is 0 Å². The molecular formula is C17H25NO2. The van der Waals surface area contributed by atoms with Gasteiger partial charge in [-0.25, -0.2) is 0 Å². The third kappa shape index (κ3) is 4.26. The molecule has 0 bridgehead atoms. The van der Waals surface area contributed by atoms with Crippen LogP contribution in [0.3, 0.4) is 0 Å². The summed E-state index contributed by atoms with van der Waals surface area (Å²) in [7, 11) is 0. The highest BCUT2D eigenvalue weighted by Gasteiger charge is 2.26. The Hall–Kier alpha value is -1.51. The molecule has 1 fully saturated rings. The van der Waals surface area contributed by atoms with E-state index in [2.05, 4.69) is 13.8 Å². The summed E-state index contributed by atoms with van der Waals surface area (Å²) < 4.78 is 5.61. The number of nitrogens with two attached hydrogens (primary N) is 1. The molecule has 1 aromatic rings. The second kappa shape index (κ2) is 6.78. The fourth-order valence-electron chi connectivity index (χ4n) is 3.21. The Kier molecular flexibility index (Phi) is 5.05. The molecule has 2 rings (SSSR count). The molecule has 1 saturated carbocycles. The molecule has 0 radical (unpaired) electrons. The smallest absolute Gasteiger partial charge is 0.306 e. The second-order valence-corrected chi connectivity index (χ2v) is 6.23. The van der Waals surface area contributed by atoms with Crippen molar-refractivity contribution in [2.75, 3.05) is 5.73 Å². The lowest BCUT2D eigenvalue weighted by Crippen LogP contribution is -2.28. The van der Waals surface area contributed by atoms with Gasteiger partial charge in [0.15, 0.2) is 0 Å². The molecule has 2 unspecified atom stereocenters. The molecule has 1 aromatic carbocycles. The number of para-hydroxylation sites is 1. The maximum Gasteiger partial charge on any atom is 0.306 e. The van der Waals surface area contributed by atoms with Crippen LogP contribution in [-0.4, -0.2) is 12.1 Å². The van der Waals surface area contributed by atoms with Crippen LogP contribution in [0.5, 0.6) is 0 Å². The van der Waals surface area contributed by atoms with Gasteiger partial charge in [0.1, 0.15) is 6.10 Å². The molecule has 3 nitrogen and oxygen atoms in total. The fraction of sp³-hybridized carbons (Fsp3) is 0.588. The van der Waals surface area contributed by atoms with Crippen LogP contribution in [0.1, 0.15) is 45.1 Å². The first-order valence-electron chi connectivity index (χ1n) is 7.57. The van der Waals surface area contributed by atoms with Gasteiger partial charge in [-0.2, -0.15) is 0 Å². The van der Waals surface area contributed by atoms with Crippen LogP contribution in [0.2, 0.25) is 0 Å². The van der Waals surface area contributed by atoms with Crippen molar-refractivity contribution in [3.63, 3.8) is 0 Å². The highest BCUT2D eigenvalue weighted by Crippen LogP contribution is 2.30. The average molecular weight is 275 g/mol. The van der Waals surface area contributed by atoms with Crippen LogP contribution in [-0.2, 0) is 16.0 Å². The zero-order valence-electron chi connectivity index (χ0n) is 12.5. The minimum Gasteiger partial charge on any atom is -0.462 e. The zero-order valence-corrected chi connectivity index (χ0v) is 12.5. The number of hydrogen-bond donors (Lipinski definition) is 1. The molecule has 0 saturated heterocycles. The summed E-state index contributed by atoms with van der Waals surface area (Å²) in [6, 6.07) is 7.68. The summed E-state index contributed by atoms with van der Waals surface area (Å²) >= 11 is 0.